The lowest BCUT2D eigenvalue weighted by Crippen LogP contribution is -2.32. The van der Waals surface area contributed by atoms with E-state index in [1.807, 2.05) is 18.9 Å². The number of ether oxygens (including phenoxy) is 1. The van der Waals surface area contributed by atoms with Crippen LogP contribution in [-0.2, 0) is 11.2 Å². The third-order valence-corrected chi connectivity index (χ3v) is 3.29. The smallest absolute Gasteiger partial charge is 0.252 e. The number of hydrogen-bond donors (Lipinski definition) is 1. The van der Waals surface area contributed by atoms with E-state index in [1.165, 1.54) is 6.42 Å². The van der Waals surface area contributed by atoms with Crippen LogP contribution in [0.15, 0.2) is 10.9 Å². The van der Waals surface area contributed by atoms with Crippen molar-refractivity contribution in [3.63, 3.8) is 0 Å². The van der Waals surface area contributed by atoms with E-state index in [2.05, 4.69) is 9.97 Å². The van der Waals surface area contributed by atoms with Crippen molar-refractivity contribution < 1.29 is 4.74 Å². The topological polar surface area (TPSA) is 58.2 Å². The summed E-state index contributed by atoms with van der Waals surface area (Å²) in [6.07, 6.45) is 3.05. The Morgan fingerprint density at radius 3 is 3.11 bits per heavy atom. The Labute approximate surface area is 107 Å². The fourth-order valence-corrected chi connectivity index (χ4v) is 2.29. The summed E-state index contributed by atoms with van der Waals surface area (Å²) in [6.45, 7) is 4.56. The van der Waals surface area contributed by atoms with Crippen LogP contribution in [0.2, 0.25) is 0 Å². The molecule has 5 nitrogen and oxygen atoms in total. The maximum atomic E-state index is 11.5. The summed E-state index contributed by atoms with van der Waals surface area (Å²) in [5.74, 6) is 2.03. The Hall–Kier alpha value is -1.36. The minimum absolute atomic E-state index is 0.0800. The zero-order valence-electron chi connectivity index (χ0n) is 11.1. The van der Waals surface area contributed by atoms with Gasteiger partial charge in [0.05, 0.1) is 6.61 Å². The van der Waals surface area contributed by atoms with Crippen LogP contribution in [0.3, 0.4) is 0 Å². The summed E-state index contributed by atoms with van der Waals surface area (Å²) < 4.78 is 5.47. The minimum Gasteiger partial charge on any atom is -0.381 e. The number of aromatic nitrogens is 2. The van der Waals surface area contributed by atoms with Crippen LogP contribution in [0.25, 0.3) is 0 Å². The summed E-state index contributed by atoms with van der Waals surface area (Å²) in [5.41, 5.74) is -0.0800. The Kier molecular flexibility index (Phi) is 4.36. The molecule has 0 aliphatic carbocycles. The van der Waals surface area contributed by atoms with Crippen molar-refractivity contribution in [2.75, 3.05) is 31.7 Å². The SMILES string of the molecule is CCc1nc(N(C)CC2CCCOC2)cc(=O)[nH]1. The first-order valence-corrected chi connectivity index (χ1v) is 6.58. The van der Waals surface area contributed by atoms with Crippen LogP contribution in [-0.4, -0.2) is 36.8 Å². The quantitative estimate of drug-likeness (QED) is 0.873. The molecule has 1 aliphatic rings. The van der Waals surface area contributed by atoms with Crippen molar-refractivity contribution in [2.24, 2.45) is 5.92 Å². The molecule has 1 aliphatic heterocycles. The molecule has 2 rings (SSSR count). The molecular formula is C13H21N3O2. The molecule has 1 atom stereocenters. The van der Waals surface area contributed by atoms with E-state index in [9.17, 15) is 4.79 Å². The number of hydrogen-bond acceptors (Lipinski definition) is 4. The first kappa shape index (κ1) is 13.1. The van der Waals surface area contributed by atoms with Crippen molar-refractivity contribution >= 4 is 5.82 Å². The third-order valence-electron chi connectivity index (χ3n) is 3.29. The van der Waals surface area contributed by atoms with E-state index in [0.29, 0.717) is 5.92 Å². The van der Waals surface area contributed by atoms with Crippen molar-refractivity contribution in [3.05, 3.63) is 22.2 Å². The van der Waals surface area contributed by atoms with Gasteiger partial charge in [-0.05, 0) is 18.8 Å². The van der Waals surface area contributed by atoms with Gasteiger partial charge in [0.25, 0.3) is 5.56 Å². The second kappa shape index (κ2) is 6.00. The molecule has 5 heteroatoms. The average Bonchev–Trinajstić information content (AvgIpc) is 2.39. The molecular weight excluding hydrogens is 230 g/mol. The molecule has 0 aromatic carbocycles. The Morgan fingerprint density at radius 1 is 1.61 bits per heavy atom. The standard InChI is InChI=1S/C13H21N3O2/c1-3-11-14-12(7-13(17)15-11)16(2)8-10-5-4-6-18-9-10/h7,10H,3-6,8-9H2,1-2H3,(H,14,15,17). The molecule has 0 saturated carbocycles. The zero-order valence-corrected chi connectivity index (χ0v) is 11.1. The van der Waals surface area contributed by atoms with Gasteiger partial charge in [-0.1, -0.05) is 6.92 Å². The van der Waals surface area contributed by atoms with Crippen molar-refractivity contribution in [3.8, 4) is 0 Å². The first-order valence-electron chi connectivity index (χ1n) is 6.58. The van der Waals surface area contributed by atoms with Crippen LogP contribution in [0.5, 0.6) is 0 Å². The molecule has 1 N–H and O–H groups in total. The molecule has 1 fully saturated rings. The zero-order chi connectivity index (χ0) is 13.0. The summed E-state index contributed by atoms with van der Waals surface area (Å²) >= 11 is 0. The van der Waals surface area contributed by atoms with E-state index in [-0.39, 0.29) is 5.56 Å². The normalized spacial score (nSPS) is 19.8. The highest BCUT2D eigenvalue weighted by atomic mass is 16.5. The predicted molar refractivity (Wildman–Crippen MR) is 71.0 cm³/mol. The molecule has 100 valence electrons. The molecule has 0 spiro atoms. The van der Waals surface area contributed by atoms with Crippen molar-refractivity contribution in [1.29, 1.82) is 0 Å². The Balaban J connectivity index is 2.05. The maximum absolute atomic E-state index is 11.5. The van der Waals surface area contributed by atoms with E-state index >= 15 is 0 Å². The van der Waals surface area contributed by atoms with Crippen molar-refractivity contribution in [1.82, 2.24) is 9.97 Å². The fourth-order valence-electron chi connectivity index (χ4n) is 2.29. The maximum Gasteiger partial charge on any atom is 0.252 e. The number of anilines is 1. The molecule has 1 unspecified atom stereocenters. The van der Waals surface area contributed by atoms with Gasteiger partial charge < -0.3 is 14.6 Å². The minimum atomic E-state index is -0.0800. The number of aromatic amines is 1. The largest absolute Gasteiger partial charge is 0.381 e. The van der Waals surface area contributed by atoms with Gasteiger partial charge >= 0.3 is 0 Å². The number of aryl methyl sites for hydroxylation is 1. The Morgan fingerprint density at radius 2 is 2.44 bits per heavy atom. The van der Waals surface area contributed by atoms with Gasteiger partial charge in [-0.25, -0.2) is 4.98 Å². The highest BCUT2D eigenvalue weighted by molar-refractivity contribution is 5.36. The lowest BCUT2D eigenvalue weighted by atomic mass is 10.0. The van der Waals surface area contributed by atoms with E-state index in [4.69, 9.17) is 4.74 Å². The fraction of sp³-hybridized carbons (Fsp3) is 0.692. The van der Waals surface area contributed by atoms with E-state index in [0.717, 1.165) is 44.2 Å². The predicted octanol–water partition coefficient (Wildman–Crippen LogP) is 1.20. The van der Waals surface area contributed by atoms with Crippen molar-refractivity contribution in [2.45, 2.75) is 26.2 Å². The van der Waals surface area contributed by atoms with E-state index < -0.39 is 0 Å². The van der Waals surface area contributed by atoms with Gasteiger partial charge in [0.15, 0.2) is 0 Å². The molecule has 1 saturated heterocycles. The van der Waals surface area contributed by atoms with Gasteiger partial charge in [0.2, 0.25) is 0 Å². The molecule has 18 heavy (non-hydrogen) atoms. The van der Waals surface area contributed by atoms with Gasteiger partial charge in [-0.2, -0.15) is 0 Å². The van der Waals surface area contributed by atoms with Crippen LogP contribution in [0.1, 0.15) is 25.6 Å². The van der Waals surface area contributed by atoms with Gasteiger partial charge in [-0.3, -0.25) is 4.79 Å². The second-order valence-corrected chi connectivity index (χ2v) is 4.87. The highest BCUT2D eigenvalue weighted by Gasteiger charge is 2.17. The number of nitrogens with zero attached hydrogens (tertiary/aromatic N) is 2. The number of rotatable bonds is 4. The molecule has 1 aromatic rings. The highest BCUT2D eigenvalue weighted by Crippen LogP contribution is 2.16. The second-order valence-electron chi connectivity index (χ2n) is 4.87. The van der Waals surface area contributed by atoms with Crippen LogP contribution in [0.4, 0.5) is 5.82 Å². The molecule has 2 heterocycles. The van der Waals surface area contributed by atoms with E-state index in [1.54, 1.807) is 6.07 Å². The monoisotopic (exact) mass is 251 g/mol. The summed E-state index contributed by atoms with van der Waals surface area (Å²) in [7, 11) is 1.98. The summed E-state index contributed by atoms with van der Waals surface area (Å²) in [4.78, 5) is 20.8. The summed E-state index contributed by atoms with van der Waals surface area (Å²) in [5, 5.41) is 0. The molecule has 0 radical (unpaired) electrons. The number of nitrogens with one attached hydrogen (secondary N) is 1. The van der Waals surface area contributed by atoms with Gasteiger partial charge in [0.1, 0.15) is 11.6 Å². The van der Waals surface area contributed by atoms with Crippen LogP contribution >= 0.6 is 0 Å². The number of H-pyrrole nitrogens is 1. The van der Waals surface area contributed by atoms with Gasteiger partial charge in [-0.15, -0.1) is 0 Å². The molecule has 0 bridgehead atoms. The lowest BCUT2D eigenvalue weighted by Gasteiger charge is -2.27. The Bertz CT molecular complexity index is 438. The molecule has 0 amide bonds. The summed E-state index contributed by atoms with van der Waals surface area (Å²) in [6, 6.07) is 1.56. The third kappa shape index (κ3) is 3.32. The molecule has 1 aromatic heterocycles. The van der Waals surface area contributed by atoms with Gasteiger partial charge in [0, 0.05) is 32.7 Å². The first-order chi connectivity index (χ1) is 8.69. The van der Waals surface area contributed by atoms with Crippen LogP contribution in [0, 0.1) is 5.92 Å². The average molecular weight is 251 g/mol. The lowest BCUT2D eigenvalue weighted by molar-refractivity contribution is 0.0576. The van der Waals surface area contributed by atoms with Crippen LogP contribution < -0.4 is 10.5 Å².